The van der Waals surface area contributed by atoms with Crippen LogP contribution in [0.25, 0.3) is 21.3 Å². The van der Waals surface area contributed by atoms with Gasteiger partial charge in [0, 0.05) is 30.1 Å². The zero-order valence-electron chi connectivity index (χ0n) is 13.4. The summed E-state index contributed by atoms with van der Waals surface area (Å²) in [6, 6.07) is 0. The van der Waals surface area contributed by atoms with Gasteiger partial charge >= 0.3 is 0 Å². The van der Waals surface area contributed by atoms with Crippen molar-refractivity contribution < 1.29 is 9.47 Å². The summed E-state index contributed by atoms with van der Waals surface area (Å²) in [7, 11) is 1.58. The molecule has 0 aliphatic carbocycles. The highest BCUT2D eigenvalue weighted by molar-refractivity contribution is 7.22. The fourth-order valence-corrected chi connectivity index (χ4v) is 3.88. The number of hydrogen-bond donors (Lipinski definition) is 1. The van der Waals surface area contributed by atoms with Crippen LogP contribution in [-0.4, -0.2) is 39.6 Å². The predicted molar refractivity (Wildman–Crippen MR) is 93.2 cm³/mol. The molecule has 1 atom stereocenters. The average Bonchev–Trinajstić information content (AvgIpc) is 3.21. The molecule has 24 heavy (non-hydrogen) atoms. The summed E-state index contributed by atoms with van der Waals surface area (Å²) in [6.07, 6.45) is 9.38. The number of fused-ring (bicyclic) bond motifs is 1. The number of nitrogen functional groups attached to an aromatic ring is 1. The predicted octanol–water partition coefficient (Wildman–Crippen LogP) is 2.71. The molecular weight excluding hydrogens is 326 g/mol. The number of aromatic nitrogens is 4. The van der Waals surface area contributed by atoms with Crippen molar-refractivity contribution in [1.29, 1.82) is 0 Å². The lowest BCUT2D eigenvalue weighted by Crippen LogP contribution is -2.24. The van der Waals surface area contributed by atoms with Gasteiger partial charge in [0.05, 0.1) is 30.7 Å². The SMILES string of the molecule is COc1ncc(-c2cnn(C[C@H]3CCCCO3)c2)c2sc(N)nc12. The summed E-state index contributed by atoms with van der Waals surface area (Å²) >= 11 is 1.43. The molecule has 4 heterocycles. The second-order valence-electron chi connectivity index (χ2n) is 5.85. The molecule has 1 saturated heterocycles. The zero-order chi connectivity index (χ0) is 16.5. The zero-order valence-corrected chi connectivity index (χ0v) is 14.3. The van der Waals surface area contributed by atoms with Crippen molar-refractivity contribution in [1.82, 2.24) is 19.7 Å². The molecule has 0 saturated carbocycles. The highest BCUT2D eigenvalue weighted by Gasteiger charge is 2.18. The van der Waals surface area contributed by atoms with E-state index in [-0.39, 0.29) is 6.10 Å². The molecule has 0 aromatic carbocycles. The Kier molecular flexibility index (Phi) is 4.07. The number of hydrogen-bond acceptors (Lipinski definition) is 7. The van der Waals surface area contributed by atoms with E-state index >= 15 is 0 Å². The minimum atomic E-state index is 0.250. The van der Waals surface area contributed by atoms with Crippen LogP contribution in [-0.2, 0) is 11.3 Å². The Labute approximate surface area is 143 Å². The first kappa shape index (κ1) is 15.3. The molecule has 3 aromatic rings. The van der Waals surface area contributed by atoms with E-state index in [1.165, 1.54) is 17.8 Å². The van der Waals surface area contributed by atoms with Crippen molar-refractivity contribution in [2.45, 2.75) is 31.9 Å². The number of thiazole rings is 1. The number of ether oxygens (including phenoxy) is 2. The summed E-state index contributed by atoms with van der Waals surface area (Å²) in [5.41, 5.74) is 8.54. The van der Waals surface area contributed by atoms with Crippen molar-refractivity contribution >= 4 is 26.7 Å². The third-order valence-corrected chi connectivity index (χ3v) is 5.12. The molecule has 7 nitrogen and oxygen atoms in total. The molecule has 2 N–H and O–H groups in total. The van der Waals surface area contributed by atoms with Gasteiger partial charge in [0.25, 0.3) is 0 Å². The molecule has 126 valence electrons. The standard InChI is InChI=1S/C16H19N5O2S/c1-22-15-13-14(24-16(17)20-13)12(7-18-15)10-6-19-21(8-10)9-11-4-2-3-5-23-11/h6-8,11H,2-5,9H2,1H3,(H2,17,20)/t11-/m1/s1. The maximum absolute atomic E-state index is 5.88. The Bertz CT molecular complexity index is 853. The molecule has 0 bridgehead atoms. The van der Waals surface area contributed by atoms with Gasteiger partial charge in [0.1, 0.15) is 5.52 Å². The number of pyridine rings is 1. The van der Waals surface area contributed by atoms with Crippen molar-refractivity contribution in [3.8, 4) is 17.0 Å². The van der Waals surface area contributed by atoms with Crippen molar-refractivity contribution in [2.24, 2.45) is 0 Å². The van der Waals surface area contributed by atoms with E-state index in [4.69, 9.17) is 15.2 Å². The van der Waals surface area contributed by atoms with E-state index in [0.717, 1.165) is 41.8 Å². The van der Waals surface area contributed by atoms with Gasteiger partial charge in [0.15, 0.2) is 5.13 Å². The molecule has 1 fully saturated rings. The summed E-state index contributed by atoms with van der Waals surface area (Å²) in [5, 5.41) is 4.97. The monoisotopic (exact) mass is 345 g/mol. The summed E-state index contributed by atoms with van der Waals surface area (Å²) in [6.45, 7) is 1.62. The Morgan fingerprint density at radius 1 is 1.42 bits per heavy atom. The summed E-state index contributed by atoms with van der Waals surface area (Å²) in [4.78, 5) is 8.68. The van der Waals surface area contributed by atoms with Crippen molar-refractivity contribution in [3.63, 3.8) is 0 Å². The van der Waals surface area contributed by atoms with E-state index in [0.29, 0.717) is 16.5 Å². The van der Waals surface area contributed by atoms with E-state index in [9.17, 15) is 0 Å². The van der Waals surface area contributed by atoms with Gasteiger partial charge < -0.3 is 15.2 Å². The number of nitrogens with two attached hydrogens (primary N) is 1. The van der Waals surface area contributed by atoms with Crippen LogP contribution in [0.15, 0.2) is 18.6 Å². The van der Waals surface area contributed by atoms with Gasteiger partial charge in [-0.05, 0) is 19.3 Å². The molecule has 0 amide bonds. The first-order valence-corrected chi connectivity index (χ1v) is 8.79. The fraction of sp³-hybridized carbons (Fsp3) is 0.438. The number of methoxy groups -OCH3 is 1. The van der Waals surface area contributed by atoms with Gasteiger partial charge in [-0.25, -0.2) is 9.97 Å². The van der Waals surface area contributed by atoms with E-state index < -0.39 is 0 Å². The van der Waals surface area contributed by atoms with Gasteiger partial charge in [-0.2, -0.15) is 5.10 Å². The molecule has 0 radical (unpaired) electrons. The van der Waals surface area contributed by atoms with E-state index in [1.54, 1.807) is 13.3 Å². The van der Waals surface area contributed by atoms with Crippen LogP contribution in [0, 0.1) is 0 Å². The maximum Gasteiger partial charge on any atom is 0.241 e. The molecule has 3 aromatic heterocycles. The van der Waals surface area contributed by atoms with E-state index in [1.807, 2.05) is 17.1 Å². The maximum atomic E-state index is 5.88. The van der Waals surface area contributed by atoms with Crippen LogP contribution >= 0.6 is 11.3 Å². The van der Waals surface area contributed by atoms with Gasteiger partial charge in [-0.3, -0.25) is 4.68 Å². The second-order valence-corrected chi connectivity index (χ2v) is 6.88. The molecule has 0 unspecified atom stereocenters. The quantitative estimate of drug-likeness (QED) is 0.782. The smallest absolute Gasteiger partial charge is 0.241 e. The molecule has 1 aliphatic heterocycles. The normalized spacial score (nSPS) is 18.1. The minimum absolute atomic E-state index is 0.250. The number of nitrogens with zero attached hydrogens (tertiary/aromatic N) is 4. The Hall–Kier alpha value is -2.19. The summed E-state index contributed by atoms with van der Waals surface area (Å²) in [5.74, 6) is 0.490. The largest absolute Gasteiger partial charge is 0.479 e. The van der Waals surface area contributed by atoms with Gasteiger partial charge in [0.2, 0.25) is 5.88 Å². The van der Waals surface area contributed by atoms with Crippen molar-refractivity contribution in [3.05, 3.63) is 18.6 Å². The van der Waals surface area contributed by atoms with Crippen LogP contribution in [0.2, 0.25) is 0 Å². The van der Waals surface area contributed by atoms with E-state index in [2.05, 4.69) is 15.1 Å². The topological polar surface area (TPSA) is 88.1 Å². The fourth-order valence-electron chi connectivity index (χ4n) is 3.02. The lowest BCUT2D eigenvalue weighted by atomic mass is 10.1. The molecule has 1 aliphatic rings. The highest BCUT2D eigenvalue weighted by Crippen LogP contribution is 2.37. The van der Waals surface area contributed by atoms with Crippen LogP contribution in [0.3, 0.4) is 0 Å². The lowest BCUT2D eigenvalue weighted by Gasteiger charge is -2.22. The Morgan fingerprint density at radius 3 is 3.12 bits per heavy atom. The first-order chi connectivity index (χ1) is 11.7. The first-order valence-electron chi connectivity index (χ1n) is 7.98. The number of anilines is 1. The van der Waals surface area contributed by atoms with Crippen LogP contribution in [0.4, 0.5) is 5.13 Å². The number of rotatable bonds is 4. The van der Waals surface area contributed by atoms with Crippen LogP contribution in [0.5, 0.6) is 5.88 Å². The lowest BCUT2D eigenvalue weighted by molar-refractivity contribution is 0.00400. The molecule has 8 heteroatoms. The minimum Gasteiger partial charge on any atom is -0.479 e. The molecule has 0 spiro atoms. The van der Waals surface area contributed by atoms with Crippen LogP contribution in [0.1, 0.15) is 19.3 Å². The Morgan fingerprint density at radius 2 is 2.33 bits per heavy atom. The Balaban J connectivity index is 1.65. The second kappa shape index (κ2) is 6.37. The molecular formula is C16H19N5O2S. The van der Waals surface area contributed by atoms with Crippen LogP contribution < -0.4 is 10.5 Å². The summed E-state index contributed by atoms with van der Waals surface area (Å²) < 4.78 is 14.0. The average molecular weight is 345 g/mol. The highest BCUT2D eigenvalue weighted by atomic mass is 32.1. The third kappa shape index (κ3) is 2.83. The van der Waals surface area contributed by atoms with Crippen molar-refractivity contribution in [2.75, 3.05) is 19.5 Å². The van der Waals surface area contributed by atoms with Gasteiger partial charge in [-0.15, -0.1) is 0 Å². The third-order valence-electron chi connectivity index (χ3n) is 4.20. The molecule has 4 rings (SSSR count). The van der Waals surface area contributed by atoms with Gasteiger partial charge in [-0.1, -0.05) is 11.3 Å².